The lowest BCUT2D eigenvalue weighted by atomic mass is 10.1. The lowest BCUT2D eigenvalue weighted by molar-refractivity contribution is 0.955. The van der Waals surface area contributed by atoms with Gasteiger partial charge in [0, 0.05) is 0 Å². The predicted molar refractivity (Wildman–Crippen MR) is 61.9 cm³/mol. The maximum atomic E-state index is 2.26. The minimum absolute atomic E-state index is 1.12. The zero-order valence-electron chi connectivity index (χ0n) is 9.43. The summed E-state index contributed by atoms with van der Waals surface area (Å²) in [4.78, 5) is 0. The molecule has 0 atom stereocenters. The average Bonchev–Trinajstić information content (AvgIpc) is 2.16. The van der Waals surface area contributed by atoms with Crippen LogP contribution in [-0.2, 0) is 0 Å². The highest BCUT2D eigenvalue weighted by Gasteiger charge is 1.87. The van der Waals surface area contributed by atoms with Gasteiger partial charge in [0.05, 0.1) is 0 Å². The highest BCUT2D eigenvalue weighted by molar-refractivity contribution is 5.28. The quantitative estimate of drug-likeness (QED) is 0.538. The van der Waals surface area contributed by atoms with E-state index in [-0.39, 0.29) is 0 Å². The zero-order chi connectivity index (χ0) is 10.1. The van der Waals surface area contributed by atoms with Crippen molar-refractivity contribution in [2.24, 2.45) is 0 Å². The first-order valence-corrected chi connectivity index (χ1v) is 5.24. The molecule has 0 aromatic carbocycles. The smallest absolute Gasteiger partial charge is 0.0307 e. The summed E-state index contributed by atoms with van der Waals surface area (Å²) in [5.41, 5.74) is 2.77. The second-order valence-corrected chi connectivity index (χ2v) is 3.30. The molecular weight excluding hydrogens is 156 g/mol. The minimum Gasteiger partial charge on any atom is -0.0847 e. The Kier molecular flexibility index (Phi) is 7.38. The molecule has 0 amide bonds. The number of rotatable bonds is 5. The van der Waals surface area contributed by atoms with Crippen molar-refractivity contribution in [3.8, 4) is 0 Å². The molecule has 0 N–H and O–H groups in total. The van der Waals surface area contributed by atoms with Gasteiger partial charge in [0.2, 0.25) is 0 Å². The van der Waals surface area contributed by atoms with Crippen LogP contribution in [0.2, 0.25) is 0 Å². The van der Waals surface area contributed by atoms with E-state index in [9.17, 15) is 0 Å². The van der Waals surface area contributed by atoms with Crippen molar-refractivity contribution in [1.82, 2.24) is 0 Å². The van der Waals surface area contributed by atoms with Gasteiger partial charge in [-0.1, -0.05) is 50.1 Å². The normalized spacial score (nSPS) is 14.2. The second kappa shape index (κ2) is 7.85. The first kappa shape index (κ1) is 12.2. The van der Waals surface area contributed by atoms with Gasteiger partial charge in [-0.05, 0) is 32.3 Å². The van der Waals surface area contributed by atoms with Crippen LogP contribution in [0.3, 0.4) is 0 Å². The van der Waals surface area contributed by atoms with E-state index in [0.29, 0.717) is 0 Å². The van der Waals surface area contributed by atoms with Gasteiger partial charge in [-0.25, -0.2) is 0 Å². The Balaban J connectivity index is 4.25. The summed E-state index contributed by atoms with van der Waals surface area (Å²) in [5, 5.41) is 0. The predicted octanol–water partition coefficient (Wildman–Crippen LogP) is 4.65. The van der Waals surface area contributed by atoms with E-state index < -0.39 is 0 Å². The summed E-state index contributed by atoms with van der Waals surface area (Å²) in [6.07, 6.45) is 12.4. The van der Waals surface area contributed by atoms with E-state index in [1.807, 2.05) is 0 Å². The van der Waals surface area contributed by atoms with Crippen molar-refractivity contribution in [1.29, 1.82) is 0 Å². The van der Waals surface area contributed by atoms with Gasteiger partial charge in [0.1, 0.15) is 0 Å². The molecule has 0 fully saturated rings. The Morgan fingerprint density at radius 3 is 2.38 bits per heavy atom. The zero-order valence-corrected chi connectivity index (χ0v) is 9.43. The fourth-order valence-corrected chi connectivity index (χ4v) is 1.05. The Labute approximate surface area is 83.0 Å². The van der Waals surface area contributed by atoms with Crippen LogP contribution in [0.25, 0.3) is 0 Å². The highest BCUT2D eigenvalue weighted by Crippen LogP contribution is 2.08. The lowest BCUT2D eigenvalue weighted by Gasteiger charge is -1.97. The summed E-state index contributed by atoms with van der Waals surface area (Å²) in [6, 6.07) is 0. The first-order valence-electron chi connectivity index (χ1n) is 5.24. The van der Waals surface area contributed by atoms with Gasteiger partial charge >= 0.3 is 0 Å². The van der Waals surface area contributed by atoms with Crippen LogP contribution in [0.4, 0.5) is 0 Å². The molecule has 0 radical (unpaired) electrons. The van der Waals surface area contributed by atoms with Crippen LogP contribution in [0.1, 0.15) is 47.0 Å². The van der Waals surface area contributed by atoms with Gasteiger partial charge in [-0.2, -0.15) is 0 Å². The summed E-state index contributed by atoms with van der Waals surface area (Å²) in [6.45, 7) is 8.63. The molecule has 0 aromatic heterocycles. The van der Waals surface area contributed by atoms with E-state index >= 15 is 0 Å². The van der Waals surface area contributed by atoms with Gasteiger partial charge in [-0.3, -0.25) is 0 Å². The van der Waals surface area contributed by atoms with Crippen molar-refractivity contribution >= 4 is 0 Å². The van der Waals surface area contributed by atoms with Crippen LogP contribution in [0.5, 0.6) is 0 Å². The third kappa shape index (κ3) is 6.39. The van der Waals surface area contributed by atoms with E-state index in [1.54, 1.807) is 0 Å². The van der Waals surface area contributed by atoms with Crippen LogP contribution in [0.15, 0.2) is 35.5 Å². The molecule has 0 aliphatic heterocycles. The van der Waals surface area contributed by atoms with Crippen LogP contribution in [0, 0.1) is 0 Å². The minimum atomic E-state index is 1.12. The SMILES string of the molecule is C/C=C(C)/C=C(/C=C/CCC)CC. The molecule has 0 heteroatoms. The molecule has 0 bridgehead atoms. The molecule has 0 spiro atoms. The molecule has 0 unspecified atom stereocenters. The summed E-state index contributed by atoms with van der Waals surface area (Å²) in [5.74, 6) is 0. The largest absolute Gasteiger partial charge is 0.0847 e. The van der Waals surface area contributed by atoms with Crippen molar-refractivity contribution < 1.29 is 0 Å². The Morgan fingerprint density at radius 2 is 1.92 bits per heavy atom. The molecule has 0 heterocycles. The standard InChI is InChI=1S/C13H22/c1-5-8-9-10-13(7-3)11-12(4)6-2/h6,9-11H,5,7-8H2,1-4H3/b10-9+,12-6+,13-11+. The molecule has 0 aliphatic rings. The maximum Gasteiger partial charge on any atom is -0.0307 e. The molecule has 13 heavy (non-hydrogen) atoms. The number of hydrogen-bond acceptors (Lipinski definition) is 0. The van der Waals surface area contributed by atoms with Crippen molar-refractivity contribution in [3.63, 3.8) is 0 Å². The first-order chi connectivity index (χ1) is 6.24. The molecule has 0 saturated heterocycles. The van der Waals surface area contributed by atoms with Crippen molar-refractivity contribution in [3.05, 3.63) is 35.5 Å². The third-order valence-electron chi connectivity index (χ3n) is 2.06. The fraction of sp³-hybridized carbons (Fsp3) is 0.538. The molecule has 0 saturated carbocycles. The number of allylic oxidation sites excluding steroid dienone is 6. The highest BCUT2D eigenvalue weighted by atomic mass is 13.9. The van der Waals surface area contributed by atoms with Crippen molar-refractivity contribution in [2.45, 2.75) is 47.0 Å². The van der Waals surface area contributed by atoms with E-state index in [1.165, 1.54) is 24.0 Å². The monoisotopic (exact) mass is 178 g/mol. The van der Waals surface area contributed by atoms with Gasteiger partial charge in [-0.15, -0.1) is 0 Å². The van der Waals surface area contributed by atoms with E-state index in [4.69, 9.17) is 0 Å². The lowest BCUT2D eigenvalue weighted by Crippen LogP contribution is -1.77. The Hall–Kier alpha value is -0.780. The second-order valence-electron chi connectivity index (χ2n) is 3.30. The molecule has 74 valence electrons. The molecule has 0 rings (SSSR count). The summed E-state index contributed by atoms with van der Waals surface area (Å²) in [7, 11) is 0. The van der Waals surface area contributed by atoms with Crippen LogP contribution >= 0.6 is 0 Å². The summed E-state index contributed by atoms with van der Waals surface area (Å²) >= 11 is 0. The van der Waals surface area contributed by atoms with Gasteiger partial charge in [0.25, 0.3) is 0 Å². The molecular formula is C13H22. The van der Waals surface area contributed by atoms with Crippen molar-refractivity contribution in [2.75, 3.05) is 0 Å². The molecule has 0 nitrogen and oxygen atoms in total. The van der Waals surface area contributed by atoms with Crippen LogP contribution in [-0.4, -0.2) is 0 Å². The molecule has 0 aromatic rings. The average molecular weight is 178 g/mol. The van der Waals surface area contributed by atoms with Gasteiger partial charge < -0.3 is 0 Å². The Morgan fingerprint density at radius 1 is 1.23 bits per heavy atom. The fourth-order valence-electron chi connectivity index (χ4n) is 1.05. The topological polar surface area (TPSA) is 0 Å². The van der Waals surface area contributed by atoms with E-state index in [2.05, 4.69) is 52.0 Å². The number of unbranched alkanes of at least 4 members (excludes halogenated alkanes) is 1. The number of hydrogen-bond donors (Lipinski definition) is 0. The Bertz CT molecular complexity index is 204. The third-order valence-corrected chi connectivity index (χ3v) is 2.06. The van der Waals surface area contributed by atoms with E-state index in [0.717, 1.165) is 6.42 Å². The van der Waals surface area contributed by atoms with Gasteiger partial charge in [0.15, 0.2) is 0 Å². The summed E-state index contributed by atoms with van der Waals surface area (Å²) < 4.78 is 0. The molecule has 0 aliphatic carbocycles. The van der Waals surface area contributed by atoms with Crippen LogP contribution < -0.4 is 0 Å². The maximum absolute atomic E-state index is 2.26.